The molecule has 0 radical (unpaired) electrons. The second-order valence-electron chi connectivity index (χ2n) is 11.1. The van der Waals surface area contributed by atoms with Gasteiger partial charge < -0.3 is 15.0 Å². The standard InChI is InChI=1S/C25H42N2O3/c1-6-20(28)27-22(2,3)18-25(19-23(27,4)5)26-21(29)24(30-25)16-14-12-10-8-7-9-11-13-15-17-24/h6H,1,7-19H2,2-5H3,(H,26,29). The summed E-state index contributed by atoms with van der Waals surface area (Å²) in [6, 6.07) is 0. The number of hydrogen-bond acceptors (Lipinski definition) is 3. The summed E-state index contributed by atoms with van der Waals surface area (Å²) in [5.41, 5.74) is -2.32. The van der Waals surface area contributed by atoms with Crippen LogP contribution in [0, 0.1) is 0 Å². The van der Waals surface area contributed by atoms with Gasteiger partial charge >= 0.3 is 0 Å². The average molecular weight is 419 g/mol. The molecule has 2 amide bonds. The van der Waals surface area contributed by atoms with Crippen molar-refractivity contribution in [1.82, 2.24) is 10.2 Å². The fourth-order valence-corrected chi connectivity index (χ4v) is 6.57. The van der Waals surface area contributed by atoms with Gasteiger partial charge in [0.05, 0.1) is 0 Å². The number of nitrogens with zero attached hydrogens (tertiary/aromatic N) is 1. The van der Waals surface area contributed by atoms with Gasteiger partial charge in [0.25, 0.3) is 5.91 Å². The molecule has 2 aliphatic heterocycles. The minimum absolute atomic E-state index is 0.0645. The summed E-state index contributed by atoms with van der Waals surface area (Å²) in [6.07, 6.45) is 15.1. The van der Waals surface area contributed by atoms with E-state index in [2.05, 4.69) is 39.6 Å². The molecule has 3 aliphatic rings. The number of likely N-dealkylation sites (tertiary alicyclic amines) is 1. The molecular formula is C25H42N2O3. The van der Waals surface area contributed by atoms with Crippen molar-refractivity contribution in [2.75, 3.05) is 0 Å². The number of nitrogens with one attached hydrogen (secondary N) is 1. The summed E-state index contributed by atoms with van der Waals surface area (Å²) in [5, 5.41) is 3.31. The second-order valence-corrected chi connectivity index (χ2v) is 11.1. The molecule has 30 heavy (non-hydrogen) atoms. The minimum Gasteiger partial charge on any atom is -0.339 e. The monoisotopic (exact) mass is 418 g/mol. The Hall–Kier alpha value is -1.36. The van der Waals surface area contributed by atoms with Gasteiger partial charge in [-0.3, -0.25) is 9.59 Å². The highest BCUT2D eigenvalue weighted by Crippen LogP contribution is 2.50. The Morgan fingerprint density at radius 1 is 0.900 bits per heavy atom. The number of carbonyl (C=O) groups is 2. The van der Waals surface area contributed by atoms with Gasteiger partial charge in [0.1, 0.15) is 11.3 Å². The summed E-state index contributed by atoms with van der Waals surface area (Å²) >= 11 is 0. The van der Waals surface area contributed by atoms with Gasteiger partial charge in [0.2, 0.25) is 5.91 Å². The third-order valence-corrected chi connectivity index (χ3v) is 7.35. The van der Waals surface area contributed by atoms with Crippen LogP contribution in [0.1, 0.15) is 111 Å². The van der Waals surface area contributed by atoms with E-state index in [-0.39, 0.29) is 11.8 Å². The molecule has 0 atom stereocenters. The Bertz CT molecular complexity index is 637. The molecule has 2 heterocycles. The number of ether oxygens (including phenoxy) is 1. The van der Waals surface area contributed by atoms with E-state index >= 15 is 0 Å². The lowest BCUT2D eigenvalue weighted by Crippen LogP contribution is -2.69. The summed E-state index contributed by atoms with van der Waals surface area (Å²) in [7, 11) is 0. The highest BCUT2D eigenvalue weighted by molar-refractivity contribution is 5.89. The van der Waals surface area contributed by atoms with E-state index in [0.29, 0.717) is 12.8 Å². The van der Waals surface area contributed by atoms with E-state index < -0.39 is 22.4 Å². The molecule has 0 aromatic carbocycles. The smallest absolute Gasteiger partial charge is 0.254 e. The van der Waals surface area contributed by atoms with Crippen molar-refractivity contribution in [2.45, 2.75) is 134 Å². The molecule has 1 aliphatic carbocycles. The zero-order chi connectivity index (χ0) is 22.0. The number of hydrogen-bond donors (Lipinski definition) is 1. The minimum atomic E-state index is -0.712. The van der Waals surface area contributed by atoms with Crippen LogP contribution in [0.5, 0.6) is 0 Å². The summed E-state index contributed by atoms with van der Waals surface area (Å²) in [5.74, 6) is -0.000417. The van der Waals surface area contributed by atoms with Gasteiger partial charge in [0, 0.05) is 23.9 Å². The first-order chi connectivity index (χ1) is 14.1. The predicted octanol–water partition coefficient (Wildman–Crippen LogP) is 5.24. The van der Waals surface area contributed by atoms with Crippen LogP contribution < -0.4 is 5.32 Å². The Morgan fingerprint density at radius 2 is 1.33 bits per heavy atom. The molecule has 2 saturated heterocycles. The molecule has 2 spiro atoms. The third-order valence-electron chi connectivity index (χ3n) is 7.35. The van der Waals surface area contributed by atoms with E-state index in [1.807, 2.05) is 4.90 Å². The SMILES string of the molecule is C=CC(=O)N1C(C)(C)CC2(CC1(C)C)NC(=O)C1(CCCCCCCCCCC1)O2. The highest BCUT2D eigenvalue weighted by Gasteiger charge is 2.62. The van der Waals surface area contributed by atoms with Gasteiger partial charge in [-0.05, 0) is 46.6 Å². The lowest BCUT2D eigenvalue weighted by atomic mass is 9.74. The lowest BCUT2D eigenvalue weighted by Gasteiger charge is -2.58. The summed E-state index contributed by atoms with van der Waals surface area (Å²) in [4.78, 5) is 28.0. The zero-order valence-electron chi connectivity index (χ0n) is 19.6. The molecule has 3 fully saturated rings. The van der Waals surface area contributed by atoms with E-state index in [0.717, 1.165) is 25.7 Å². The van der Waals surface area contributed by atoms with Crippen LogP contribution in [0.2, 0.25) is 0 Å². The van der Waals surface area contributed by atoms with Gasteiger partial charge in [-0.15, -0.1) is 0 Å². The first-order valence-corrected chi connectivity index (χ1v) is 12.1. The van der Waals surface area contributed by atoms with Crippen molar-refractivity contribution >= 4 is 11.8 Å². The molecule has 5 heteroatoms. The van der Waals surface area contributed by atoms with Gasteiger partial charge in [0.15, 0.2) is 0 Å². The van der Waals surface area contributed by atoms with E-state index in [4.69, 9.17) is 4.74 Å². The molecule has 0 aromatic rings. The van der Waals surface area contributed by atoms with E-state index in [1.165, 1.54) is 51.0 Å². The molecule has 0 bridgehead atoms. The topological polar surface area (TPSA) is 58.6 Å². The first kappa shape index (κ1) is 23.3. The molecular weight excluding hydrogens is 376 g/mol. The van der Waals surface area contributed by atoms with Crippen LogP contribution in [-0.4, -0.2) is 39.1 Å². The molecule has 1 saturated carbocycles. The maximum atomic E-state index is 13.4. The molecule has 5 nitrogen and oxygen atoms in total. The fourth-order valence-electron chi connectivity index (χ4n) is 6.57. The van der Waals surface area contributed by atoms with Crippen LogP contribution in [-0.2, 0) is 14.3 Å². The first-order valence-electron chi connectivity index (χ1n) is 12.1. The van der Waals surface area contributed by atoms with Crippen molar-refractivity contribution in [1.29, 1.82) is 0 Å². The number of piperidine rings is 1. The quantitative estimate of drug-likeness (QED) is 0.593. The molecule has 1 N–H and O–H groups in total. The van der Waals surface area contributed by atoms with Crippen LogP contribution >= 0.6 is 0 Å². The highest BCUT2D eigenvalue weighted by atomic mass is 16.6. The maximum Gasteiger partial charge on any atom is 0.254 e. The number of carbonyl (C=O) groups excluding carboxylic acids is 2. The van der Waals surface area contributed by atoms with E-state index in [1.54, 1.807) is 0 Å². The van der Waals surface area contributed by atoms with E-state index in [9.17, 15) is 9.59 Å². The van der Waals surface area contributed by atoms with Gasteiger partial charge in [-0.1, -0.05) is 64.4 Å². The predicted molar refractivity (Wildman–Crippen MR) is 120 cm³/mol. The van der Waals surface area contributed by atoms with Crippen molar-refractivity contribution in [3.05, 3.63) is 12.7 Å². The Balaban J connectivity index is 1.84. The third kappa shape index (κ3) is 4.61. The maximum absolute atomic E-state index is 13.4. The molecule has 170 valence electrons. The molecule has 0 unspecified atom stereocenters. The van der Waals surface area contributed by atoms with Gasteiger partial charge in [-0.2, -0.15) is 0 Å². The summed E-state index contributed by atoms with van der Waals surface area (Å²) in [6.45, 7) is 12.0. The van der Waals surface area contributed by atoms with Gasteiger partial charge in [-0.25, -0.2) is 0 Å². The van der Waals surface area contributed by atoms with Crippen molar-refractivity contribution in [3.8, 4) is 0 Å². The fraction of sp³-hybridized carbons (Fsp3) is 0.840. The number of rotatable bonds is 1. The second kappa shape index (κ2) is 8.64. The Morgan fingerprint density at radius 3 is 1.77 bits per heavy atom. The van der Waals surface area contributed by atoms with Crippen molar-refractivity contribution in [2.24, 2.45) is 0 Å². The van der Waals surface area contributed by atoms with Crippen LogP contribution in [0.4, 0.5) is 0 Å². The zero-order valence-corrected chi connectivity index (χ0v) is 19.6. The normalized spacial score (nSPS) is 28.4. The van der Waals surface area contributed by atoms with Crippen LogP contribution in [0.25, 0.3) is 0 Å². The van der Waals surface area contributed by atoms with Crippen molar-refractivity contribution in [3.63, 3.8) is 0 Å². The van der Waals surface area contributed by atoms with Crippen LogP contribution in [0.15, 0.2) is 12.7 Å². The summed E-state index contributed by atoms with van der Waals surface area (Å²) < 4.78 is 6.84. The molecule has 3 rings (SSSR count). The molecule has 0 aromatic heterocycles. The number of amides is 2. The average Bonchev–Trinajstić information content (AvgIpc) is 2.86. The Kier molecular flexibility index (Phi) is 6.71. The van der Waals surface area contributed by atoms with Crippen molar-refractivity contribution < 1.29 is 14.3 Å². The Labute approximate surface area is 183 Å². The lowest BCUT2D eigenvalue weighted by molar-refractivity contribution is -0.195. The van der Waals surface area contributed by atoms with Crippen LogP contribution in [0.3, 0.4) is 0 Å². The largest absolute Gasteiger partial charge is 0.339 e.